The van der Waals surface area contributed by atoms with E-state index in [2.05, 4.69) is 10.2 Å². The van der Waals surface area contributed by atoms with Crippen molar-refractivity contribution in [2.24, 2.45) is 0 Å². The fourth-order valence-electron chi connectivity index (χ4n) is 3.78. The van der Waals surface area contributed by atoms with Crippen molar-refractivity contribution in [3.8, 4) is 0 Å². The van der Waals surface area contributed by atoms with Crippen molar-refractivity contribution < 1.29 is 18.0 Å². The molecule has 0 spiro atoms. The summed E-state index contributed by atoms with van der Waals surface area (Å²) in [5.74, 6) is -0.350. The molecule has 1 N–H and O–H groups in total. The van der Waals surface area contributed by atoms with Crippen LogP contribution in [-0.2, 0) is 11.7 Å². The highest BCUT2D eigenvalue weighted by Gasteiger charge is 2.38. The third-order valence-electron chi connectivity index (χ3n) is 5.14. The fraction of sp³-hybridized carbons (Fsp3) is 0.381. The number of thioether (sulfide) groups is 1. The summed E-state index contributed by atoms with van der Waals surface area (Å²) in [5, 5.41) is 3.15. The molecule has 3 rings (SSSR count). The van der Waals surface area contributed by atoms with Crippen LogP contribution >= 0.6 is 11.8 Å². The second-order valence-electron chi connectivity index (χ2n) is 7.16. The molecule has 0 radical (unpaired) electrons. The van der Waals surface area contributed by atoms with Crippen molar-refractivity contribution in [1.29, 1.82) is 0 Å². The summed E-state index contributed by atoms with van der Waals surface area (Å²) in [7, 11) is 2.01. The van der Waals surface area contributed by atoms with Gasteiger partial charge in [-0.15, -0.1) is 11.8 Å². The number of benzene rings is 2. The van der Waals surface area contributed by atoms with Crippen LogP contribution in [0.15, 0.2) is 53.4 Å². The van der Waals surface area contributed by atoms with Crippen LogP contribution in [0.4, 0.5) is 13.2 Å². The van der Waals surface area contributed by atoms with Crippen LogP contribution < -0.4 is 5.32 Å². The number of carbonyl (C=O) groups excluding carboxylic acids is 1. The second-order valence-corrected chi connectivity index (χ2v) is 8.00. The fourth-order valence-corrected chi connectivity index (χ4v) is 4.40. The molecule has 1 aliphatic heterocycles. The lowest BCUT2D eigenvalue weighted by atomic mass is 9.82. The van der Waals surface area contributed by atoms with Gasteiger partial charge in [0.2, 0.25) is 0 Å². The van der Waals surface area contributed by atoms with E-state index in [1.807, 2.05) is 37.4 Å². The first-order valence-corrected chi connectivity index (χ1v) is 10.3. The van der Waals surface area contributed by atoms with E-state index >= 15 is 0 Å². The van der Waals surface area contributed by atoms with E-state index in [1.165, 1.54) is 6.07 Å². The number of amides is 1. The van der Waals surface area contributed by atoms with Crippen molar-refractivity contribution in [3.63, 3.8) is 0 Å². The SMILES string of the molecule is CSc1cc(C(F)(F)F)ccc1C(=O)N[C@]1(c2ccccc2)CCCN(C)C1. The monoisotopic (exact) mass is 408 g/mol. The number of hydrogen-bond donors (Lipinski definition) is 1. The minimum absolute atomic E-state index is 0.268. The third kappa shape index (κ3) is 4.36. The Hall–Kier alpha value is -1.99. The zero-order valence-corrected chi connectivity index (χ0v) is 16.7. The Morgan fingerprint density at radius 2 is 1.89 bits per heavy atom. The molecule has 1 fully saturated rings. The molecule has 7 heteroatoms. The van der Waals surface area contributed by atoms with Gasteiger partial charge in [0.15, 0.2) is 0 Å². The van der Waals surface area contributed by atoms with Crippen molar-refractivity contribution in [2.45, 2.75) is 29.5 Å². The first-order chi connectivity index (χ1) is 13.2. The van der Waals surface area contributed by atoms with Crippen LogP contribution in [0.5, 0.6) is 0 Å². The summed E-state index contributed by atoms with van der Waals surface area (Å²) < 4.78 is 39.1. The predicted octanol–water partition coefficient (Wildman–Crippen LogP) is 4.78. The molecule has 3 nitrogen and oxygen atoms in total. The van der Waals surface area contributed by atoms with E-state index in [9.17, 15) is 18.0 Å². The van der Waals surface area contributed by atoms with Crippen molar-refractivity contribution in [1.82, 2.24) is 10.2 Å². The summed E-state index contributed by atoms with van der Waals surface area (Å²) in [6, 6.07) is 13.1. The number of piperidine rings is 1. The highest BCUT2D eigenvalue weighted by atomic mass is 32.2. The largest absolute Gasteiger partial charge is 0.416 e. The maximum absolute atomic E-state index is 13.1. The van der Waals surface area contributed by atoms with E-state index in [-0.39, 0.29) is 11.5 Å². The normalized spacial score (nSPS) is 20.8. The van der Waals surface area contributed by atoms with Gasteiger partial charge in [-0.1, -0.05) is 30.3 Å². The molecule has 0 bridgehead atoms. The van der Waals surface area contributed by atoms with Crippen LogP contribution in [0.1, 0.15) is 34.3 Å². The molecule has 2 aromatic rings. The lowest BCUT2D eigenvalue weighted by Gasteiger charge is -2.42. The number of halogens is 3. The van der Waals surface area contributed by atoms with Gasteiger partial charge in [-0.3, -0.25) is 4.79 Å². The Kier molecular flexibility index (Phi) is 6.05. The van der Waals surface area contributed by atoms with Gasteiger partial charge in [0.1, 0.15) is 0 Å². The molecule has 1 aliphatic rings. The predicted molar refractivity (Wildman–Crippen MR) is 106 cm³/mol. The Balaban J connectivity index is 1.95. The molecule has 2 aromatic carbocycles. The average Bonchev–Trinajstić information content (AvgIpc) is 2.67. The number of nitrogens with zero attached hydrogens (tertiary/aromatic N) is 1. The second kappa shape index (κ2) is 8.17. The number of hydrogen-bond acceptors (Lipinski definition) is 3. The van der Waals surface area contributed by atoms with Gasteiger partial charge >= 0.3 is 6.18 Å². The molecule has 1 amide bonds. The van der Waals surface area contributed by atoms with Crippen molar-refractivity contribution in [2.75, 3.05) is 26.4 Å². The molecular formula is C21H23F3N2OS. The van der Waals surface area contributed by atoms with Crippen molar-refractivity contribution in [3.05, 3.63) is 65.2 Å². The molecule has 1 atom stereocenters. The lowest BCUT2D eigenvalue weighted by Crippen LogP contribution is -2.55. The van der Waals surface area contributed by atoms with Crippen LogP contribution in [0.2, 0.25) is 0 Å². The summed E-state index contributed by atoms with van der Waals surface area (Å²) in [6.07, 6.45) is -1.05. The number of nitrogens with one attached hydrogen (secondary N) is 1. The summed E-state index contributed by atoms with van der Waals surface area (Å²) in [5.41, 5.74) is -0.0379. The summed E-state index contributed by atoms with van der Waals surface area (Å²) in [6.45, 7) is 1.60. The highest BCUT2D eigenvalue weighted by Crippen LogP contribution is 2.35. The Bertz CT molecular complexity index is 841. The quantitative estimate of drug-likeness (QED) is 0.739. The molecule has 150 valence electrons. The lowest BCUT2D eigenvalue weighted by molar-refractivity contribution is -0.137. The Morgan fingerprint density at radius 3 is 2.50 bits per heavy atom. The molecule has 0 aromatic heterocycles. The van der Waals surface area contributed by atoms with E-state index in [4.69, 9.17) is 0 Å². The topological polar surface area (TPSA) is 32.3 Å². The van der Waals surface area contributed by atoms with Gasteiger partial charge in [0.05, 0.1) is 16.7 Å². The third-order valence-corrected chi connectivity index (χ3v) is 5.91. The van der Waals surface area contributed by atoms with E-state index < -0.39 is 17.3 Å². The zero-order chi connectivity index (χ0) is 20.4. The molecule has 1 saturated heterocycles. The maximum atomic E-state index is 13.1. The standard InChI is InChI=1S/C21H23F3N2OS/c1-26-12-6-11-20(14-26,15-7-4-3-5-8-15)25-19(27)17-10-9-16(21(22,23)24)13-18(17)28-2/h3-5,7-10,13H,6,11-12,14H2,1-2H3,(H,25,27)/t20-/m1/s1. The number of likely N-dealkylation sites (N-methyl/N-ethyl adjacent to an activating group) is 1. The van der Waals surface area contributed by atoms with Gasteiger partial charge < -0.3 is 10.2 Å². The van der Waals surface area contributed by atoms with Gasteiger partial charge in [-0.05, 0) is 56.5 Å². The average molecular weight is 408 g/mol. The van der Waals surface area contributed by atoms with E-state index in [0.717, 1.165) is 48.8 Å². The summed E-state index contributed by atoms with van der Waals surface area (Å²) >= 11 is 1.14. The molecule has 1 heterocycles. The number of carbonyl (C=O) groups is 1. The van der Waals surface area contributed by atoms with Crippen LogP contribution in [0, 0.1) is 0 Å². The first kappa shape index (κ1) is 20.7. The van der Waals surface area contributed by atoms with Gasteiger partial charge in [0.25, 0.3) is 5.91 Å². The van der Waals surface area contributed by atoms with E-state index in [0.29, 0.717) is 11.4 Å². The van der Waals surface area contributed by atoms with E-state index in [1.54, 1.807) is 6.26 Å². The minimum atomic E-state index is -4.43. The number of alkyl halides is 3. The molecule has 0 saturated carbocycles. The number of likely N-dealkylation sites (tertiary alicyclic amines) is 1. The summed E-state index contributed by atoms with van der Waals surface area (Å²) in [4.78, 5) is 15.6. The molecule has 28 heavy (non-hydrogen) atoms. The first-order valence-electron chi connectivity index (χ1n) is 9.07. The van der Waals surface area contributed by atoms with Crippen LogP contribution in [0.25, 0.3) is 0 Å². The van der Waals surface area contributed by atoms with Gasteiger partial charge in [-0.25, -0.2) is 0 Å². The number of rotatable bonds is 4. The Labute approximate surface area is 167 Å². The molecular weight excluding hydrogens is 385 g/mol. The minimum Gasteiger partial charge on any atom is -0.341 e. The maximum Gasteiger partial charge on any atom is 0.416 e. The molecule has 0 unspecified atom stereocenters. The highest BCUT2D eigenvalue weighted by molar-refractivity contribution is 7.98. The van der Waals surface area contributed by atoms with Crippen molar-refractivity contribution >= 4 is 17.7 Å². The molecule has 0 aliphatic carbocycles. The van der Waals surface area contributed by atoms with Gasteiger partial charge in [0, 0.05) is 11.4 Å². The van der Waals surface area contributed by atoms with Gasteiger partial charge in [-0.2, -0.15) is 13.2 Å². The Morgan fingerprint density at radius 1 is 1.18 bits per heavy atom. The van der Waals surface area contributed by atoms with Crippen LogP contribution in [-0.4, -0.2) is 37.2 Å². The van der Waals surface area contributed by atoms with Crippen LogP contribution in [0.3, 0.4) is 0 Å². The zero-order valence-electron chi connectivity index (χ0n) is 15.8. The smallest absolute Gasteiger partial charge is 0.341 e.